The highest BCUT2D eigenvalue weighted by atomic mass is 32.2. The molecule has 0 aromatic carbocycles. The average molecular weight is 228 g/mol. The molecule has 1 rings (SSSR count). The summed E-state index contributed by atoms with van der Waals surface area (Å²) in [6.07, 6.45) is 0. The highest BCUT2D eigenvalue weighted by Gasteiger charge is 2.14. The normalized spacial score (nSPS) is 11.5. The largest absolute Gasteiger partial charge is 0.455 e. The molecule has 0 aliphatic carbocycles. The van der Waals surface area contributed by atoms with E-state index in [9.17, 15) is 4.79 Å². The SMILES string of the molecule is CC(C)(C)SCc1ccc(C(=O)NN)o1. The van der Waals surface area contributed by atoms with E-state index < -0.39 is 5.91 Å². The number of thioether (sulfide) groups is 1. The zero-order chi connectivity index (χ0) is 11.5. The molecule has 1 aromatic rings. The second-order valence-electron chi connectivity index (χ2n) is 4.14. The highest BCUT2D eigenvalue weighted by molar-refractivity contribution is 7.99. The Morgan fingerprint density at radius 3 is 2.73 bits per heavy atom. The van der Waals surface area contributed by atoms with E-state index in [4.69, 9.17) is 10.3 Å². The second-order valence-corrected chi connectivity index (χ2v) is 5.94. The lowest BCUT2D eigenvalue weighted by Crippen LogP contribution is -2.29. The lowest BCUT2D eigenvalue weighted by atomic mass is 10.3. The molecule has 0 bridgehead atoms. The van der Waals surface area contributed by atoms with Gasteiger partial charge in [0.05, 0.1) is 5.75 Å². The number of rotatable bonds is 3. The Labute approximate surface area is 93.6 Å². The molecule has 0 aliphatic heterocycles. The zero-order valence-corrected chi connectivity index (χ0v) is 9.98. The number of nitrogens with one attached hydrogen (secondary N) is 1. The third-order valence-electron chi connectivity index (χ3n) is 1.66. The van der Waals surface area contributed by atoms with E-state index in [1.54, 1.807) is 23.9 Å². The number of amides is 1. The van der Waals surface area contributed by atoms with Crippen molar-refractivity contribution in [2.75, 3.05) is 0 Å². The fourth-order valence-electron chi connectivity index (χ4n) is 0.936. The van der Waals surface area contributed by atoms with Gasteiger partial charge >= 0.3 is 5.91 Å². The standard InChI is InChI=1S/C10H16N2O2S/c1-10(2,3)15-6-7-4-5-8(14-7)9(13)12-11/h4-5H,6,11H2,1-3H3,(H,12,13). The summed E-state index contributed by atoms with van der Waals surface area (Å²) < 4.78 is 5.50. The van der Waals surface area contributed by atoms with E-state index in [1.165, 1.54) is 0 Å². The summed E-state index contributed by atoms with van der Waals surface area (Å²) in [7, 11) is 0. The Bertz CT molecular complexity index is 341. The molecule has 5 heteroatoms. The summed E-state index contributed by atoms with van der Waals surface area (Å²) in [6.45, 7) is 6.40. The van der Waals surface area contributed by atoms with Crippen LogP contribution in [0.1, 0.15) is 37.1 Å². The van der Waals surface area contributed by atoms with Gasteiger partial charge in [0.15, 0.2) is 5.76 Å². The fraction of sp³-hybridized carbons (Fsp3) is 0.500. The summed E-state index contributed by atoms with van der Waals surface area (Å²) in [6, 6.07) is 3.42. The van der Waals surface area contributed by atoms with Crippen molar-refractivity contribution in [3.05, 3.63) is 23.7 Å². The van der Waals surface area contributed by atoms with E-state index in [-0.39, 0.29) is 10.5 Å². The maximum atomic E-state index is 11.1. The van der Waals surface area contributed by atoms with Gasteiger partial charge in [-0.25, -0.2) is 5.84 Å². The molecule has 0 aliphatic rings. The van der Waals surface area contributed by atoms with Crippen LogP contribution >= 0.6 is 11.8 Å². The minimum absolute atomic E-state index is 0.184. The summed E-state index contributed by atoms with van der Waals surface area (Å²) in [5.74, 6) is 6.38. The molecule has 0 unspecified atom stereocenters. The highest BCUT2D eigenvalue weighted by Crippen LogP contribution is 2.27. The van der Waals surface area contributed by atoms with Crippen LogP contribution in [0.4, 0.5) is 0 Å². The van der Waals surface area contributed by atoms with E-state index in [0.29, 0.717) is 0 Å². The smallest absolute Gasteiger partial charge is 0.300 e. The van der Waals surface area contributed by atoms with Crippen LogP contribution in [0.5, 0.6) is 0 Å². The van der Waals surface area contributed by atoms with Crippen LogP contribution in [0.15, 0.2) is 16.5 Å². The van der Waals surface area contributed by atoms with Gasteiger partial charge in [-0.15, -0.1) is 11.8 Å². The van der Waals surface area contributed by atoms with Crippen molar-refractivity contribution in [3.63, 3.8) is 0 Å². The van der Waals surface area contributed by atoms with E-state index >= 15 is 0 Å². The van der Waals surface area contributed by atoms with Crippen LogP contribution in [0, 0.1) is 0 Å². The number of nitrogens with two attached hydrogens (primary N) is 1. The van der Waals surface area contributed by atoms with E-state index in [0.717, 1.165) is 11.5 Å². The third-order valence-corrected chi connectivity index (χ3v) is 2.96. The van der Waals surface area contributed by atoms with Crippen LogP contribution in [0.25, 0.3) is 0 Å². The first kappa shape index (κ1) is 12.1. The molecule has 4 nitrogen and oxygen atoms in total. The molecule has 0 atom stereocenters. The molecule has 84 valence electrons. The Hall–Kier alpha value is -0.940. The predicted octanol–water partition coefficient (Wildman–Crippen LogP) is 1.91. The summed E-state index contributed by atoms with van der Waals surface area (Å²) >= 11 is 1.76. The van der Waals surface area contributed by atoms with E-state index in [1.807, 2.05) is 5.43 Å². The van der Waals surface area contributed by atoms with E-state index in [2.05, 4.69) is 20.8 Å². The Morgan fingerprint density at radius 1 is 1.53 bits per heavy atom. The molecule has 1 amide bonds. The van der Waals surface area contributed by atoms with Gasteiger partial charge in [-0.05, 0) is 12.1 Å². The van der Waals surface area contributed by atoms with Crippen molar-refractivity contribution >= 4 is 17.7 Å². The van der Waals surface area contributed by atoms with Gasteiger partial charge in [0.2, 0.25) is 0 Å². The first-order valence-corrected chi connectivity index (χ1v) is 5.64. The number of hydrazine groups is 1. The first-order chi connectivity index (χ1) is 6.92. The minimum Gasteiger partial charge on any atom is -0.455 e. The lowest BCUT2D eigenvalue weighted by Gasteiger charge is -2.16. The maximum absolute atomic E-state index is 11.1. The molecule has 1 heterocycles. The number of nitrogen functional groups attached to an aromatic ring is 1. The molecule has 0 saturated heterocycles. The van der Waals surface area contributed by atoms with Gasteiger partial charge in [0.1, 0.15) is 5.76 Å². The molecule has 3 N–H and O–H groups in total. The monoisotopic (exact) mass is 228 g/mol. The number of carbonyl (C=O) groups is 1. The van der Waals surface area contributed by atoms with Gasteiger partial charge in [0.25, 0.3) is 0 Å². The topological polar surface area (TPSA) is 68.3 Å². The zero-order valence-electron chi connectivity index (χ0n) is 9.16. The van der Waals surface area contributed by atoms with Crippen molar-refractivity contribution in [2.24, 2.45) is 5.84 Å². The van der Waals surface area contributed by atoms with Crippen molar-refractivity contribution < 1.29 is 9.21 Å². The minimum atomic E-state index is -0.401. The van der Waals surface area contributed by atoms with Gasteiger partial charge in [-0.1, -0.05) is 20.8 Å². The number of furan rings is 1. The molecular formula is C10H16N2O2S. The van der Waals surface area contributed by atoms with Gasteiger partial charge in [0, 0.05) is 4.75 Å². The van der Waals surface area contributed by atoms with Crippen molar-refractivity contribution in [1.82, 2.24) is 5.43 Å². The molecular weight excluding hydrogens is 212 g/mol. The quantitative estimate of drug-likeness (QED) is 0.471. The van der Waals surface area contributed by atoms with Crippen LogP contribution in [-0.4, -0.2) is 10.7 Å². The number of hydrogen-bond donors (Lipinski definition) is 2. The second kappa shape index (κ2) is 4.72. The number of hydrogen-bond acceptors (Lipinski definition) is 4. The van der Waals surface area contributed by atoms with Crippen LogP contribution in [0.2, 0.25) is 0 Å². The molecule has 0 fully saturated rings. The summed E-state index contributed by atoms with van der Waals surface area (Å²) in [5, 5.41) is 0. The van der Waals surface area contributed by atoms with Gasteiger partial charge in [-0.3, -0.25) is 10.2 Å². The fourth-order valence-corrected chi connectivity index (χ4v) is 1.67. The van der Waals surface area contributed by atoms with Crippen molar-refractivity contribution in [3.8, 4) is 0 Å². The Morgan fingerprint density at radius 2 is 2.20 bits per heavy atom. The Balaban J connectivity index is 2.57. The van der Waals surface area contributed by atoms with Crippen LogP contribution in [0.3, 0.4) is 0 Å². The molecule has 15 heavy (non-hydrogen) atoms. The molecule has 0 saturated carbocycles. The van der Waals surface area contributed by atoms with Crippen LogP contribution in [-0.2, 0) is 5.75 Å². The molecule has 0 spiro atoms. The first-order valence-electron chi connectivity index (χ1n) is 4.66. The average Bonchev–Trinajstić information content (AvgIpc) is 2.61. The summed E-state index contributed by atoms with van der Waals surface area (Å²) in [4.78, 5) is 11.1. The van der Waals surface area contributed by atoms with Crippen LogP contribution < -0.4 is 11.3 Å². The maximum Gasteiger partial charge on any atom is 0.300 e. The number of carbonyl (C=O) groups excluding carboxylic acids is 1. The van der Waals surface area contributed by atoms with Gasteiger partial charge < -0.3 is 4.42 Å². The molecule has 0 radical (unpaired) electrons. The van der Waals surface area contributed by atoms with Crippen molar-refractivity contribution in [1.29, 1.82) is 0 Å². The molecule has 1 aromatic heterocycles. The third kappa shape index (κ3) is 3.97. The van der Waals surface area contributed by atoms with Crippen molar-refractivity contribution in [2.45, 2.75) is 31.3 Å². The van der Waals surface area contributed by atoms with Gasteiger partial charge in [-0.2, -0.15) is 0 Å². The summed E-state index contributed by atoms with van der Waals surface area (Å²) in [5.41, 5.74) is 2.03. The predicted molar refractivity (Wildman–Crippen MR) is 61.4 cm³/mol. The Kier molecular flexibility index (Phi) is 3.82. The lowest BCUT2D eigenvalue weighted by molar-refractivity contribution is 0.0924.